The highest BCUT2D eigenvalue weighted by Gasteiger charge is 2.51. The zero-order valence-corrected chi connectivity index (χ0v) is 13.0. The molecule has 0 N–H and O–H groups in total. The monoisotopic (exact) mass is 352 g/mol. The van der Waals surface area contributed by atoms with Gasteiger partial charge in [-0.3, -0.25) is 4.68 Å². The van der Waals surface area contributed by atoms with Crippen LogP contribution in [0.25, 0.3) is 11.6 Å². The van der Waals surface area contributed by atoms with Gasteiger partial charge in [0.15, 0.2) is 11.5 Å². The first kappa shape index (κ1) is 15.8. The quantitative estimate of drug-likeness (QED) is 0.671. The van der Waals surface area contributed by atoms with E-state index < -0.39 is 23.5 Å². The molecule has 3 aromatic rings. The summed E-state index contributed by atoms with van der Waals surface area (Å²) in [5.41, 5.74) is -0.873. The van der Waals surface area contributed by atoms with Crippen molar-refractivity contribution in [1.82, 2.24) is 19.9 Å². The minimum Gasteiger partial charge on any atom is -0.332 e. The molecule has 1 saturated carbocycles. The summed E-state index contributed by atoms with van der Waals surface area (Å²) < 4.78 is 59.5. The van der Waals surface area contributed by atoms with Crippen LogP contribution in [-0.2, 0) is 12.5 Å². The lowest BCUT2D eigenvalue weighted by atomic mass is 9.94. The molecule has 9 heteroatoms. The molecule has 1 aliphatic carbocycles. The van der Waals surface area contributed by atoms with Gasteiger partial charge in [-0.2, -0.15) is 10.1 Å². The molecule has 0 spiro atoms. The fourth-order valence-electron chi connectivity index (χ4n) is 2.91. The van der Waals surface area contributed by atoms with Crippen LogP contribution in [0.3, 0.4) is 0 Å². The third-order valence-electron chi connectivity index (χ3n) is 4.41. The molecule has 1 fully saturated rings. The van der Waals surface area contributed by atoms with Crippen molar-refractivity contribution in [2.45, 2.75) is 24.7 Å². The summed E-state index contributed by atoms with van der Waals surface area (Å²) in [5.74, 6) is -0.961. The largest absolute Gasteiger partial charge is 0.332 e. The smallest absolute Gasteiger partial charge is 0.280 e. The van der Waals surface area contributed by atoms with Crippen molar-refractivity contribution in [3.8, 4) is 11.6 Å². The minimum absolute atomic E-state index is 0.0411. The van der Waals surface area contributed by atoms with Gasteiger partial charge < -0.3 is 4.52 Å². The van der Waals surface area contributed by atoms with Crippen LogP contribution < -0.4 is 0 Å². The maximum atomic E-state index is 14.1. The van der Waals surface area contributed by atoms with Crippen molar-refractivity contribution in [3.63, 3.8) is 0 Å². The molecule has 0 saturated heterocycles. The van der Waals surface area contributed by atoms with Gasteiger partial charge in [0.1, 0.15) is 17.3 Å². The predicted molar refractivity (Wildman–Crippen MR) is 77.8 cm³/mol. The Hall–Kier alpha value is -2.71. The fourth-order valence-corrected chi connectivity index (χ4v) is 2.91. The number of rotatable bonds is 4. The number of alkyl halides is 2. The Labute approximate surface area is 139 Å². The molecule has 2 aromatic heterocycles. The van der Waals surface area contributed by atoms with Crippen LogP contribution in [0.1, 0.15) is 36.3 Å². The third-order valence-corrected chi connectivity index (χ3v) is 4.41. The molecule has 0 radical (unpaired) electrons. The van der Waals surface area contributed by atoms with Crippen LogP contribution >= 0.6 is 0 Å². The van der Waals surface area contributed by atoms with Gasteiger partial charge in [-0.1, -0.05) is 5.16 Å². The summed E-state index contributed by atoms with van der Waals surface area (Å²) >= 11 is 0. The SMILES string of the molecule is Cn1nc(-c2nc(C3(c4cc(F)ccc4F)CC3)no2)cc1C(F)F. The number of hydrogen-bond acceptors (Lipinski definition) is 4. The Morgan fingerprint density at radius 2 is 1.96 bits per heavy atom. The van der Waals surface area contributed by atoms with E-state index in [0.717, 1.165) is 28.9 Å². The average Bonchev–Trinajstić information content (AvgIpc) is 3.03. The van der Waals surface area contributed by atoms with E-state index >= 15 is 0 Å². The van der Waals surface area contributed by atoms with E-state index in [2.05, 4.69) is 15.2 Å². The molecule has 25 heavy (non-hydrogen) atoms. The zero-order valence-electron chi connectivity index (χ0n) is 13.0. The Kier molecular flexibility index (Phi) is 3.41. The maximum absolute atomic E-state index is 14.1. The third kappa shape index (κ3) is 2.50. The van der Waals surface area contributed by atoms with E-state index in [-0.39, 0.29) is 28.7 Å². The lowest BCUT2D eigenvalue weighted by molar-refractivity contribution is 0.141. The molecular formula is C16H12F4N4O. The summed E-state index contributed by atoms with van der Waals surface area (Å²) in [6, 6.07) is 4.37. The number of aryl methyl sites for hydroxylation is 1. The standard InChI is InChI=1S/C16H12F4N4O/c1-24-12(13(19)20)7-11(22-24)14-21-15(23-25-14)16(4-5-16)9-6-8(17)2-3-10(9)18/h2-3,6-7,13H,4-5H2,1H3. The maximum Gasteiger partial charge on any atom is 0.280 e. The number of halogens is 4. The first-order valence-electron chi connectivity index (χ1n) is 7.53. The summed E-state index contributed by atoms with van der Waals surface area (Å²) in [7, 11) is 1.38. The van der Waals surface area contributed by atoms with Crippen molar-refractivity contribution in [3.05, 3.63) is 53.0 Å². The molecule has 2 heterocycles. The Morgan fingerprint density at radius 1 is 1.20 bits per heavy atom. The molecule has 4 rings (SSSR count). The molecular weight excluding hydrogens is 340 g/mol. The van der Waals surface area contributed by atoms with E-state index in [1.807, 2.05) is 0 Å². The van der Waals surface area contributed by atoms with Crippen LogP contribution in [0.15, 0.2) is 28.8 Å². The highest BCUT2D eigenvalue weighted by atomic mass is 19.3. The number of benzene rings is 1. The highest BCUT2D eigenvalue weighted by molar-refractivity contribution is 5.49. The fraction of sp³-hybridized carbons (Fsp3) is 0.312. The molecule has 0 bridgehead atoms. The number of nitrogens with zero attached hydrogens (tertiary/aromatic N) is 4. The summed E-state index contributed by atoms with van der Waals surface area (Å²) in [5, 5.41) is 7.77. The van der Waals surface area contributed by atoms with E-state index in [4.69, 9.17) is 4.52 Å². The molecule has 1 aliphatic rings. The second-order valence-electron chi connectivity index (χ2n) is 6.01. The van der Waals surface area contributed by atoms with Crippen LogP contribution in [0.4, 0.5) is 17.6 Å². The number of hydrogen-bond donors (Lipinski definition) is 0. The average molecular weight is 352 g/mol. The first-order chi connectivity index (χ1) is 11.9. The molecule has 1 aromatic carbocycles. The minimum atomic E-state index is -2.69. The van der Waals surface area contributed by atoms with Gasteiger partial charge in [0.05, 0.1) is 5.41 Å². The summed E-state index contributed by atoms with van der Waals surface area (Å²) in [6.45, 7) is 0. The van der Waals surface area contributed by atoms with Crippen LogP contribution in [0.5, 0.6) is 0 Å². The van der Waals surface area contributed by atoms with Gasteiger partial charge in [-0.25, -0.2) is 17.6 Å². The summed E-state index contributed by atoms with van der Waals surface area (Å²) in [4.78, 5) is 4.19. The molecule has 130 valence electrons. The Bertz CT molecular complexity index is 946. The van der Waals surface area contributed by atoms with Gasteiger partial charge >= 0.3 is 0 Å². The lowest BCUT2D eigenvalue weighted by Gasteiger charge is -2.12. The van der Waals surface area contributed by atoms with Gasteiger partial charge in [0.25, 0.3) is 12.3 Å². The predicted octanol–water partition coefficient (Wildman–Crippen LogP) is 3.77. The first-order valence-corrected chi connectivity index (χ1v) is 7.53. The van der Waals surface area contributed by atoms with E-state index in [9.17, 15) is 17.6 Å². The van der Waals surface area contributed by atoms with E-state index in [1.165, 1.54) is 7.05 Å². The normalized spacial score (nSPS) is 15.8. The van der Waals surface area contributed by atoms with Gasteiger partial charge in [0, 0.05) is 12.6 Å². The van der Waals surface area contributed by atoms with Crippen LogP contribution in [0.2, 0.25) is 0 Å². The van der Waals surface area contributed by atoms with Crippen LogP contribution in [0, 0.1) is 11.6 Å². The second kappa shape index (κ2) is 5.40. The van der Waals surface area contributed by atoms with Gasteiger partial charge in [-0.05, 0) is 37.1 Å². The zero-order chi connectivity index (χ0) is 17.8. The molecule has 0 aliphatic heterocycles. The van der Waals surface area contributed by atoms with Crippen LogP contribution in [-0.4, -0.2) is 19.9 Å². The van der Waals surface area contributed by atoms with Crippen molar-refractivity contribution in [2.24, 2.45) is 7.05 Å². The van der Waals surface area contributed by atoms with Gasteiger partial charge in [-0.15, -0.1) is 0 Å². The molecule has 0 unspecified atom stereocenters. The van der Waals surface area contributed by atoms with Gasteiger partial charge in [0.2, 0.25) is 0 Å². The van der Waals surface area contributed by atoms with E-state index in [1.54, 1.807) is 0 Å². The topological polar surface area (TPSA) is 56.7 Å². The number of aromatic nitrogens is 4. The second-order valence-corrected chi connectivity index (χ2v) is 6.01. The molecule has 0 atom stereocenters. The highest BCUT2D eigenvalue weighted by Crippen LogP contribution is 2.53. The van der Waals surface area contributed by atoms with E-state index in [0.29, 0.717) is 12.8 Å². The van der Waals surface area contributed by atoms with Crippen molar-refractivity contribution in [2.75, 3.05) is 0 Å². The van der Waals surface area contributed by atoms with Crippen molar-refractivity contribution >= 4 is 0 Å². The van der Waals surface area contributed by atoms with Crippen molar-refractivity contribution in [1.29, 1.82) is 0 Å². The Morgan fingerprint density at radius 3 is 2.60 bits per heavy atom. The Balaban J connectivity index is 1.72. The summed E-state index contributed by atoms with van der Waals surface area (Å²) in [6.07, 6.45) is -1.61. The molecule has 0 amide bonds. The molecule has 5 nitrogen and oxygen atoms in total. The lowest BCUT2D eigenvalue weighted by Crippen LogP contribution is -2.13. The van der Waals surface area contributed by atoms with Crippen molar-refractivity contribution < 1.29 is 22.1 Å².